The minimum absolute atomic E-state index is 0.339. The number of nitrogens with one attached hydrogen (secondary N) is 1. The van der Waals surface area contributed by atoms with Crippen LogP contribution in [0, 0.1) is 5.41 Å². The third kappa shape index (κ3) is 4.85. The fourth-order valence-corrected chi connectivity index (χ4v) is 1.88. The predicted molar refractivity (Wildman–Crippen MR) is 69.5 cm³/mol. The highest BCUT2D eigenvalue weighted by atomic mass is 79.9. The van der Waals surface area contributed by atoms with Gasteiger partial charge in [0, 0.05) is 12.7 Å². The van der Waals surface area contributed by atoms with Crippen LogP contribution in [0.2, 0.25) is 5.02 Å². The third-order valence-corrected chi connectivity index (χ3v) is 2.79. The molecule has 1 N–H and O–H groups in total. The molecule has 0 fully saturated rings. The van der Waals surface area contributed by atoms with Gasteiger partial charge in [-0.15, -0.1) is 0 Å². The summed E-state index contributed by atoms with van der Waals surface area (Å²) in [4.78, 5) is 4.21. The number of anilines is 1. The standard InChI is InChI=1S/C11H16BrClN2/c1-11(2,3)4-5-14-10-9(12)6-8(13)7-15-10/h6-7H,4-5H2,1-3H3,(H,14,15). The molecule has 1 rings (SSSR count). The molecule has 0 bridgehead atoms. The van der Waals surface area contributed by atoms with Crippen molar-refractivity contribution in [2.24, 2.45) is 5.41 Å². The largest absolute Gasteiger partial charge is 0.369 e. The van der Waals surface area contributed by atoms with E-state index in [2.05, 4.69) is 47.0 Å². The second-order valence-electron chi connectivity index (χ2n) is 4.72. The second kappa shape index (κ2) is 5.17. The molecule has 1 heterocycles. The average molecular weight is 292 g/mol. The van der Waals surface area contributed by atoms with Crippen LogP contribution in [0.4, 0.5) is 5.82 Å². The quantitative estimate of drug-likeness (QED) is 0.896. The molecule has 1 aromatic heterocycles. The molecule has 0 radical (unpaired) electrons. The molecule has 2 nitrogen and oxygen atoms in total. The van der Waals surface area contributed by atoms with Crippen LogP contribution < -0.4 is 5.32 Å². The number of aromatic nitrogens is 1. The van der Waals surface area contributed by atoms with E-state index in [4.69, 9.17) is 11.6 Å². The Bertz CT molecular complexity index is 334. The normalized spacial score (nSPS) is 11.5. The first-order valence-electron chi connectivity index (χ1n) is 4.93. The highest BCUT2D eigenvalue weighted by Gasteiger charge is 2.10. The summed E-state index contributed by atoms with van der Waals surface area (Å²) >= 11 is 9.22. The summed E-state index contributed by atoms with van der Waals surface area (Å²) in [6.07, 6.45) is 2.75. The Morgan fingerprint density at radius 3 is 2.67 bits per heavy atom. The van der Waals surface area contributed by atoms with Gasteiger partial charge in [0.2, 0.25) is 0 Å². The number of hydrogen-bond acceptors (Lipinski definition) is 2. The van der Waals surface area contributed by atoms with Gasteiger partial charge in [0.25, 0.3) is 0 Å². The topological polar surface area (TPSA) is 24.9 Å². The number of nitrogens with zero attached hydrogens (tertiary/aromatic N) is 1. The summed E-state index contributed by atoms with van der Waals surface area (Å²) in [7, 11) is 0. The van der Waals surface area contributed by atoms with Crippen molar-refractivity contribution < 1.29 is 0 Å². The molecule has 0 saturated heterocycles. The van der Waals surface area contributed by atoms with Gasteiger partial charge in [-0.2, -0.15) is 0 Å². The highest BCUT2D eigenvalue weighted by Crippen LogP contribution is 2.24. The van der Waals surface area contributed by atoms with Gasteiger partial charge in [-0.3, -0.25) is 0 Å². The Balaban J connectivity index is 2.51. The lowest BCUT2D eigenvalue weighted by Crippen LogP contribution is -2.13. The Hall–Kier alpha value is -0.280. The van der Waals surface area contributed by atoms with Gasteiger partial charge < -0.3 is 5.32 Å². The molecule has 0 amide bonds. The molecule has 84 valence electrons. The van der Waals surface area contributed by atoms with Gasteiger partial charge in [0.05, 0.1) is 9.50 Å². The van der Waals surface area contributed by atoms with Gasteiger partial charge >= 0.3 is 0 Å². The summed E-state index contributed by atoms with van der Waals surface area (Å²) in [6.45, 7) is 7.58. The molecule has 0 spiro atoms. The zero-order chi connectivity index (χ0) is 11.5. The summed E-state index contributed by atoms with van der Waals surface area (Å²) in [5, 5.41) is 3.92. The maximum atomic E-state index is 5.80. The Kier molecular flexibility index (Phi) is 4.41. The van der Waals surface area contributed by atoms with E-state index >= 15 is 0 Å². The summed E-state index contributed by atoms with van der Waals surface area (Å²) in [6, 6.07) is 1.84. The van der Waals surface area contributed by atoms with E-state index < -0.39 is 0 Å². The fraction of sp³-hybridized carbons (Fsp3) is 0.545. The lowest BCUT2D eigenvalue weighted by Gasteiger charge is -2.18. The van der Waals surface area contributed by atoms with Gasteiger partial charge in [0.1, 0.15) is 5.82 Å². The molecule has 0 aromatic carbocycles. The summed E-state index contributed by atoms with van der Waals surface area (Å²) < 4.78 is 0.906. The van der Waals surface area contributed by atoms with Crippen molar-refractivity contribution in [1.82, 2.24) is 4.98 Å². The minimum Gasteiger partial charge on any atom is -0.369 e. The molecule has 0 aliphatic carbocycles. The van der Waals surface area contributed by atoms with E-state index in [1.165, 1.54) is 0 Å². The highest BCUT2D eigenvalue weighted by molar-refractivity contribution is 9.10. The third-order valence-electron chi connectivity index (χ3n) is 1.98. The van der Waals surface area contributed by atoms with Crippen LogP contribution >= 0.6 is 27.5 Å². The van der Waals surface area contributed by atoms with Crippen LogP contribution in [0.1, 0.15) is 27.2 Å². The Labute approximate surface area is 105 Å². The molecule has 15 heavy (non-hydrogen) atoms. The smallest absolute Gasteiger partial charge is 0.140 e. The van der Waals surface area contributed by atoms with Crippen molar-refractivity contribution in [2.75, 3.05) is 11.9 Å². The van der Waals surface area contributed by atoms with Gasteiger partial charge in [-0.25, -0.2) is 4.98 Å². The van der Waals surface area contributed by atoms with E-state index in [0.29, 0.717) is 10.4 Å². The van der Waals surface area contributed by atoms with Crippen molar-refractivity contribution >= 4 is 33.3 Å². The van der Waals surface area contributed by atoms with Gasteiger partial charge in [-0.05, 0) is 33.8 Å². The van der Waals surface area contributed by atoms with Crippen molar-refractivity contribution in [3.8, 4) is 0 Å². The van der Waals surface area contributed by atoms with E-state index in [-0.39, 0.29) is 0 Å². The van der Waals surface area contributed by atoms with Crippen LogP contribution in [-0.4, -0.2) is 11.5 Å². The number of hydrogen-bond donors (Lipinski definition) is 1. The number of halogens is 2. The lowest BCUT2D eigenvalue weighted by atomic mass is 9.92. The fourth-order valence-electron chi connectivity index (χ4n) is 1.10. The monoisotopic (exact) mass is 290 g/mol. The average Bonchev–Trinajstić information content (AvgIpc) is 2.07. The van der Waals surface area contributed by atoms with Crippen LogP contribution in [0.5, 0.6) is 0 Å². The van der Waals surface area contributed by atoms with Crippen molar-refractivity contribution in [3.05, 3.63) is 21.8 Å². The maximum absolute atomic E-state index is 5.80. The summed E-state index contributed by atoms with van der Waals surface area (Å²) in [5.74, 6) is 0.851. The first-order chi connectivity index (χ1) is 6.88. The lowest BCUT2D eigenvalue weighted by molar-refractivity contribution is 0.389. The van der Waals surface area contributed by atoms with Crippen LogP contribution in [0.25, 0.3) is 0 Å². The number of rotatable bonds is 3. The van der Waals surface area contributed by atoms with E-state index in [9.17, 15) is 0 Å². The van der Waals surface area contributed by atoms with Crippen LogP contribution in [0.15, 0.2) is 16.7 Å². The molecule has 0 aliphatic rings. The molecule has 0 aliphatic heterocycles. The Morgan fingerprint density at radius 2 is 2.13 bits per heavy atom. The molecular weight excluding hydrogens is 275 g/mol. The first kappa shape index (κ1) is 12.8. The van der Waals surface area contributed by atoms with Crippen molar-refractivity contribution in [3.63, 3.8) is 0 Å². The van der Waals surface area contributed by atoms with Crippen LogP contribution in [-0.2, 0) is 0 Å². The molecular formula is C11H16BrClN2. The Morgan fingerprint density at radius 1 is 1.47 bits per heavy atom. The SMILES string of the molecule is CC(C)(C)CCNc1ncc(Cl)cc1Br. The van der Waals surface area contributed by atoms with E-state index in [1.807, 2.05) is 6.07 Å². The van der Waals surface area contributed by atoms with E-state index in [1.54, 1.807) is 6.20 Å². The predicted octanol–water partition coefficient (Wildman–Crippen LogP) is 4.35. The van der Waals surface area contributed by atoms with Crippen molar-refractivity contribution in [1.29, 1.82) is 0 Å². The maximum Gasteiger partial charge on any atom is 0.140 e. The zero-order valence-electron chi connectivity index (χ0n) is 9.27. The molecule has 0 saturated carbocycles. The van der Waals surface area contributed by atoms with Gasteiger partial charge in [-0.1, -0.05) is 32.4 Å². The van der Waals surface area contributed by atoms with Crippen molar-refractivity contribution in [2.45, 2.75) is 27.2 Å². The number of pyridine rings is 1. The van der Waals surface area contributed by atoms with Crippen LogP contribution in [0.3, 0.4) is 0 Å². The van der Waals surface area contributed by atoms with E-state index in [0.717, 1.165) is 23.3 Å². The molecule has 4 heteroatoms. The zero-order valence-corrected chi connectivity index (χ0v) is 11.6. The minimum atomic E-state index is 0.339. The first-order valence-corrected chi connectivity index (χ1v) is 6.10. The molecule has 0 atom stereocenters. The molecule has 1 aromatic rings. The van der Waals surface area contributed by atoms with Gasteiger partial charge in [0.15, 0.2) is 0 Å². The summed E-state index contributed by atoms with van der Waals surface area (Å²) in [5.41, 5.74) is 0.339. The molecule has 0 unspecified atom stereocenters. The second-order valence-corrected chi connectivity index (χ2v) is 6.01.